The Hall–Kier alpha value is -0.550. The maximum Gasteiger partial charge on any atom is 0.0672 e. The van der Waals surface area contributed by atoms with E-state index in [1.54, 1.807) is 0 Å². The van der Waals surface area contributed by atoms with E-state index in [0.29, 0.717) is 12.1 Å². The average Bonchev–Trinajstić information content (AvgIpc) is 2.57. The Bertz CT molecular complexity index is 281. The van der Waals surface area contributed by atoms with Gasteiger partial charge in [0.1, 0.15) is 0 Å². The second kappa shape index (κ2) is 5.87. The highest BCUT2D eigenvalue weighted by molar-refractivity contribution is 4.96. The van der Waals surface area contributed by atoms with E-state index in [2.05, 4.69) is 25.2 Å². The van der Waals surface area contributed by atoms with E-state index in [-0.39, 0.29) is 5.92 Å². The van der Waals surface area contributed by atoms with Crippen molar-refractivity contribution in [2.24, 2.45) is 17.8 Å². The standard InChI is InChI=1S/C15H26N2/c1-11-8-9-14(12(11)2)17-15-7-5-3-4-6-13(15)10-16/h11-15,17H,3-9H2,1-2H3. The maximum absolute atomic E-state index is 9.29. The zero-order valence-electron chi connectivity index (χ0n) is 11.3. The molecule has 0 saturated heterocycles. The summed E-state index contributed by atoms with van der Waals surface area (Å²) in [7, 11) is 0. The van der Waals surface area contributed by atoms with Crippen LogP contribution in [-0.4, -0.2) is 12.1 Å². The van der Waals surface area contributed by atoms with E-state index in [1.807, 2.05) is 0 Å². The minimum Gasteiger partial charge on any atom is -0.310 e. The molecule has 1 N–H and O–H groups in total. The third-order valence-corrected chi connectivity index (χ3v) is 5.08. The Morgan fingerprint density at radius 3 is 2.35 bits per heavy atom. The van der Waals surface area contributed by atoms with E-state index < -0.39 is 0 Å². The third kappa shape index (κ3) is 3.01. The first-order valence-electron chi connectivity index (χ1n) is 7.38. The predicted octanol–water partition coefficient (Wildman–Crippen LogP) is 3.48. The van der Waals surface area contributed by atoms with Crippen molar-refractivity contribution in [1.29, 1.82) is 5.26 Å². The molecule has 0 aromatic carbocycles. The Morgan fingerprint density at radius 2 is 1.71 bits per heavy atom. The van der Waals surface area contributed by atoms with Gasteiger partial charge in [0.05, 0.1) is 12.0 Å². The molecule has 2 saturated carbocycles. The molecule has 2 heteroatoms. The number of hydrogen-bond donors (Lipinski definition) is 1. The highest BCUT2D eigenvalue weighted by Gasteiger charge is 2.33. The molecule has 2 rings (SSSR count). The molecular weight excluding hydrogens is 208 g/mol. The zero-order valence-corrected chi connectivity index (χ0v) is 11.3. The molecule has 0 spiro atoms. The first-order valence-corrected chi connectivity index (χ1v) is 7.38. The van der Waals surface area contributed by atoms with Crippen LogP contribution in [0.4, 0.5) is 0 Å². The van der Waals surface area contributed by atoms with E-state index >= 15 is 0 Å². The molecular formula is C15H26N2. The van der Waals surface area contributed by atoms with Crippen molar-refractivity contribution in [2.45, 2.75) is 70.9 Å². The summed E-state index contributed by atoms with van der Waals surface area (Å²) in [6, 6.07) is 3.65. The molecule has 5 atom stereocenters. The average molecular weight is 234 g/mol. The molecule has 2 aliphatic rings. The van der Waals surface area contributed by atoms with Crippen molar-refractivity contribution in [2.75, 3.05) is 0 Å². The van der Waals surface area contributed by atoms with Crippen LogP contribution in [0.25, 0.3) is 0 Å². The summed E-state index contributed by atoms with van der Waals surface area (Å²) in [4.78, 5) is 0. The summed E-state index contributed by atoms with van der Waals surface area (Å²) >= 11 is 0. The van der Waals surface area contributed by atoms with Crippen LogP contribution in [0.3, 0.4) is 0 Å². The van der Waals surface area contributed by atoms with Crippen LogP contribution in [0.5, 0.6) is 0 Å². The van der Waals surface area contributed by atoms with Crippen LogP contribution in [0, 0.1) is 29.1 Å². The highest BCUT2D eigenvalue weighted by atomic mass is 15.0. The molecule has 0 radical (unpaired) electrons. The SMILES string of the molecule is CC1CCC(NC2CCCCCC2C#N)C1C. The van der Waals surface area contributed by atoms with Gasteiger partial charge in [-0.25, -0.2) is 0 Å². The van der Waals surface area contributed by atoms with Gasteiger partial charge in [0, 0.05) is 12.1 Å². The van der Waals surface area contributed by atoms with Gasteiger partial charge in [0.15, 0.2) is 0 Å². The van der Waals surface area contributed by atoms with E-state index in [1.165, 1.54) is 38.5 Å². The second-order valence-corrected chi connectivity index (χ2v) is 6.17. The fourth-order valence-electron chi connectivity index (χ4n) is 3.54. The van der Waals surface area contributed by atoms with Crippen LogP contribution >= 0.6 is 0 Å². The number of nitrogens with one attached hydrogen (secondary N) is 1. The predicted molar refractivity (Wildman–Crippen MR) is 70.5 cm³/mol. The minimum absolute atomic E-state index is 0.251. The van der Waals surface area contributed by atoms with Gasteiger partial charge in [0.2, 0.25) is 0 Å². The fraction of sp³-hybridized carbons (Fsp3) is 0.933. The third-order valence-electron chi connectivity index (χ3n) is 5.08. The molecule has 5 unspecified atom stereocenters. The van der Waals surface area contributed by atoms with Crippen molar-refractivity contribution >= 4 is 0 Å². The van der Waals surface area contributed by atoms with Crippen molar-refractivity contribution in [3.05, 3.63) is 0 Å². The summed E-state index contributed by atoms with van der Waals surface area (Å²) in [5, 5.41) is 13.1. The Labute approximate surface area is 106 Å². The van der Waals surface area contributed by atoms with Crippen LogP contribution in [0.2, 0.25) is 0 Å². The first-order chi connectivity index (χ1) is 8.22. The lowest BCUT2D eigenvalue weighted by molar-refractivity contribution is 0.297. The zero-order chi connectivity index (χ0) is 12.3. The van der Waals surface area contributed by atoms with Gasteiger partial charge < -0.3 is 5.32 Å². The minimum atomic E-state index is 0.251. The number of nitrogens with zero attached hydrogens (tertiary/aromatic N) is 1. The van der Waals surface area contributed by atoms with E-state index in [4.69, 9.17) is 0 Å². The van der Waals surface area contributed by atoms with E-state index in [0.717, 1.165) is 18.3 Å². The van der Waals surface area contributed by atoms with Gasteiger partial charge in [-0.05, 0) is 37.5 Å². The fourth-order valence-corrected chi connectivity index (χ4v) is 3.54. The maximum atomic E-state index is 9.29. The largest absolute Gasteiger partial charge is 0.310 e. The summed E-state index contributed by atoms with van der Waals surface area (Å²) in [5.41, 5.74) is 0. The lowest BCUT2D eigenvalue weighted by Crippen LogP contribution is -2.43. The molecule has 17 heavy (non-hydrogen) atoms. The van der Waals surface area contributed by atoms with Crippen molar-refractivity contribution in [1.82, 2.24) is 5.32 Å². The van der Waals surface area contributed by atoms with Crippen molar-refractivity contribution in [3.63, 3.8) is 0 Å². The molecule has 0 bridgehead atoms. The van der Waals surface area contributed by atoms with Crippen molar-refractivity contribution in [3.8, 4) is 6.07 Å². The molecule has 0 amide bonds. The van der Waals surface area contributed by atoms with Crippen LogP contribution in [0.1, 0.15) is 58.8 Å². The number of nitriles is 1. The normalized spacial score (nSPS) is 43.0. The lowest BCUT2D eigenvalue weighted by atomic mass is 9.92. The summed E-state index contributed by atoms with van der Waals surface area (Å²) in [6.45, 7) is 4.73. The van der Waals surface area contributed by atoms with Crippen LogP contribution in [-0.2, 0) is 0 Å². The summed E-state index contributed by atoms with van der Waals surface area (Å²) in [6.07, 6.45) is 8.81. The molecule has 96 valence electrons. The van der Waals surface area contributed by atoms with Gasteiger partial charge in [-0.15, -0.1) is 0 Å². The number of hydrogen-bond acceptors (Lipinski definition) is 2. The number of rotatable bonds is 2. The molecule has 0 aliphatic heterocycles. The Balaban J connectivity index is 1.94. The van der Waals surface area contributed by atoms with Gasteiger partial charge in [-0.3, -0.25) is 0 Å². The molecule has 2 fully saturated rings. The van der Waals surface area contributed by atoms with Crippen molar-refractivity contribution < 1.29 is 0 Å². The molecule has 0 heterocycles. The summed E-state index contributed by atoms with van der Waals surface area (Å²) in [5.74, 6) is 1.87. The van der Waals surface area contributed by atoms with Gasteiger partial charge in [-0.2, -0.15) is 5.26 Å². The van der Waals surface area contributed by atoms with Crippen LogP contribution < -0.4 is 5.32 Å². The topological polar surface area (TPSA) is 35.8 Å². The lowest BCUT2D eigenvalue weighted by Gasteiger charge is -2.28. The monoisotopic (exact) mass is 234 g/mol. The van der Waals surface area contributed by atoms with Gasteiger partial charge in [-0.1, -0.05) is 33.1 Å². The van der Waals surface area contributed by atoms with Gasteiger partial charge >= 0.3 is 0 Å². The highest BCUT2D eigenvalue weighted by Crippen LogP contribution is 2.33. The summed E-state index contributed by atoms with van der Waals surface area (Å²) < 4.78 is 0. The Morgan fingerprint density at radius 1 is 0.941 bits per heavy atom. The smallest absolute Gasteiger partial charge is 0.0672 e. The van der Waals surface area contributed by atoms with Gasteiger partial charge in [0.25, 0.3) is 0 Å². The van der Waals surface area contributed by atoms with Crippen LogP contribution in [0.15, 0.2) is 0 Å². The Kier molecular flexibility index (Phi) is 4.45. The quantitative estimate of drug-likeness (QED) is 0.742. The molecule has 0 aromatic rings. The molecule has 2 nitrogen and oxygen atoms in total. The molecule has 2 aliphatic carbocycles. The second-order valence-electron chi connectivity index (χ2n) is 6.17. The molecule has 0 aromatic heterocycles. The first kappa shape index (κ1) is 12.9. The van der Waals surface area contributed by atoms with E-state index in [9.17, 15) is 5.26 Å².